The zero-order valence-electron chi connectivity index (χ0n) is 15.6. The van der Waals surface area contributed by atoms with E-state index in [1.165, 1.54) is 16.6 Å². The van der Waals surface area contributed by atoms with Crippen molar-refractivity contribution in [3.8, 4) is 0 Å². The number of carbonyl (C=O) groups is 1. The maximum Gasteiger partial charge on any atom is 0.267 e. The Morgan fingerprint density at radius 2 is 1.89 bits per heavy atom. The lowest BCUT2D eigenvalue weighted by Gasteiger charge is -2.25. The molecule has 0 spiro atoms. The van der Waals surface area contributed by atoms with E-state index in [2.05, 4.69) is 5.32 Å². The Hall–Kier alpha value is -2.16. The van der Waals surface area contributed by atoms with E-state index in [0.29, 0.717) is 38.5 Å². The van der Waals surface area contributed by atoms with Gasteiger partial charge < -0.3 is 14.6 Å². The lowest BCUT2D eigenvalue weighted by molar-refractivity contribution is 0.0730. The molecular weight excluding hydrogens is 366 g/mol. The lowest BCUT2D eigenvalue weighted by Crippen LogP contribution is -2.40. The molecule has 2 heterocycles. The zero-order valence-corrected chi connectivity index (χ0v) is 16.4. The van der Waals surface area contributed by atoms with Crippen molar-refractivity contribution in [2.75, 3.05) is 32.8 Å². The van der Waals surface area contributed by atoms with Crippen LogP contribution in [0.1, 0.15) is 28.9 Å². The summed E-state index contributed by atoms with van der Waals surface area (Å²) in [5, 5.41) is 2.89. The number of aryl methyl sites for hydroxylation is 1. The van der Waals surface area contributed by atoms with Crippen LogP contribution in [0.5, 0.6) is 0 Å². The molecule has 1 amide bonds. The van der Waals surface area contributed by atoms with Gasteiger partial charge in [-0.15, -0.1) is 0 Å². The molecular formula is C19H25N3O4S. The van der Waals surface area contributed by atoms with Gasteiger partial charge in [0.2, 0.25) is 10.0 Å². The standard InChI is InChI=1S/C19H25N3O4S/c1-15(16-6-4-3-5-7-16)13-20-19(23)18-12-17(14-21(18)2)27(24,25)22-8-10-26-11-9-22/h3-7,12,14-15H,8-11,13H2,1-2H3,(H,20,23). The second kappa shape index (κ2) is 8.24. The molecule has 8 heteroatoms. The second-order valence-corrected chi connectivity index (χ2v) is 8.65. The maximum absolute atomic E-state index is 12.8. The molecule has 1 unspecified atom stereocenters. The van der Waals surface area contributed by atoms with E-state index in [1.54, 1.807) is 11.6 Å². The van der Waals surface area contributed by atoms with E-state index >= 15 is 0 Å². The van der Waals surface area contributed by atoms with E-state index in [-0.39, 0.29) is 16.7 Å². The molecule has 1 N–H and O–H groups in total. The highest BCUT2D eigenvalue weighted by atomic mass is 32.2. The topological polar surface area (TPSA) is 80.6 Å². The van der Waals surface area contributed by atoms with Crippen molar-refractivity contribution in [2.24, 2.45) is 7.05 Å². The minimum absolute atomic E-state index is 0.133. The summed E-state index contributed by atoms with van der Waals surface area (Å²) in [7, 11) is -1.94. The van der Waals surface area contributed by atoms with Gasteiger partial charge in [0.15, 0.2) is 0 Å². The largest absolute Gasteiger partial charge is 0.379 e. The van der Waals surface area contributed by atoms with Crippen LogP contribution in [0.3, 0.4) is 0 Å². The number of morpholine rings is 1. The Balaban J connectivity index is 1.69. The number of hydrogen-bond donors (Lipinski definition) is 1. The number of hydrogen-bond acceptors (Lipinski definition) is 4. The fourth-order valence-electron chi connectivity index (χ4n) is 3.07. The predicted molar refractivity (Wildman–Crippen MR) is 102 cm³/mol. The molecule has 1 fully saturated rings. The van der Waals surface area contributed by atoms with Crippen molar-refractivity contribution in [1.82, 2.24) is 14.2 Å². The van der Waals surface area contributed by atoms with Crippen LogP contribution in [-0.2, 0) is 21.8 Å². The third kappa shape index (κ3) is 4.40. The first-order valence-electron chi connectivity index (χ1n) is 8.97. The summed E-state index contributed by atoms with van der Waals surface area (Å²) in [6.45, 7) is 3.93. The second-order valence-electron chi connectivity index (χ2n) is 6.71. The molecule has 7 nitrogen and oxygen atoms in total. The number of ether oxygens (including phenoxy) is 1. The summed E-state index contributed by atoms with van der Waals surface area (Å²) < 4.78 is 33.7. The number of sulfonamides is 1. The number of aromatic nitrogens is 1. The average Bonchev–Trinajstić information content (AvgIpc) is 3.10. The van der Waals surface area contributed by atoms with Gasteiger partial charge >= 0.3 is 0 Å². The molecule has 1 aliphatic heterocycles. The van der Waals surface area contributed by atoms with Crippen LogP contribution in [0.15, 0.2) is 47.5 Å². The first kappa shape index (κ1) is 19.6. The summed E-state index contributed by atoms with van der Waals surface area (Å²) in [5.41, 5.74) is 1.46. The summed E-state index contributed by atoms with van der Waals surface area (Å²) >= 11 is 0. The quantitative estimate of drug-likeness (QED) is 0.811. The molecule has 2 aromatic rings. The molecule has 0 aliphatic carbocycles. The first-order valence-corrected chi connectivity index (χ1v) is 10.4. The van der Waals surface area contributed by atoms with Gasteiger partial charge in [-0.3, -0.25) is 4.79 Å². The lowest BCUT2D eigenvalue weighted by atomic mass is 10.0. The fourth-order valence-corrected chi connectivity index (χ4v) is 4.55. The average molecular weight is 391 g/mol. The smallest absolute Gasteiger partial charge is 0.267 e. The number of nitrogens with zero attached hydrogens (tertiary/aromatic N) is 2. The Labute approximate surface area is 160 Å². The Kier molecular flexibility index (Phi) is 5.98. The van der Waals surface area contributed by atoms with Gasteiger partial charge in [0.1, 0.15) is 10.6 Å². The first-order chi connectivity index (χ1) is 12.9. The summed E-state index contributed by atoms with van der Waals surface area (Å²) in [5.74, 6) is -0.129. The molecule has 1 atom stereocenters. The molecule has 0 radical (unpaired) electrons. The number of carbonyl (C=O) groups excluding carboxylic acids is 1. The van der Waals surface area contributed by atoms with Crippen LogP contribution >= 0.6 is 0 Å². The Bertz CT molecular complexity index is 887. The van der Waals surface area contributed by atoms with Crippen molar-refractivity contribution in [2.45, 2.75) is 17.7 Å². The fraction of sp³-hybridized carbons (Fsp3) is 0.421. The molecule has 0 saturated carbocycles. The minimum Gasteiger partial charge on any atom is -0.379 e. The van der Waals surface area contributed by atoms with Gasteiger partial charge in [0.05, 0.1) is 13.2 Å². The molecule has 0 bridgehead atoms. The van der Waals surface area contributed by atoms with Crippen LogP contribution < -0.4 is 5.32 Å². The highest BCUT2D eigenvalue weighted by Gasteiger charge is 2.28. The third-order valence-corrected chi connectivity index (χ3v) is 6.62. The van der Waals surface area contributed by atoms with Crippen LogP contribution in [0.25, 0.3) is 0 Å². The SMILES string of the molecule is CC(CNC(=O)c1cc(S(=O)(=O)N2CCOCC2)cn1C)c1ccccc1. The van der Waals surface area contributed by atoms with Gasteiger partial charge in [-0.1, -0.05) is 37.3 Å². The third-order valence-electron chi connectivity index (χ3n) is 4.76. The van der Waals surface area contributed by atoms with E-state index in [0.717, 1.165) is 5.56 Å². The van der Waals surface area contributed by atoms with Gasteiger partial charge in [-0.2, -0.15) is 4.31 Å². The molecule has 146 valence electrons. The number of nitrogens with one attached hydrogen (secondary N) is 1. The van der Waals surface area contributed by atoms with Crippen LogP contribution in [0, 0.1) is 0 Å². The molecule has 3 rings (SSSR count). The molecule has 1 aromatic carbocycles. The highest BCUT2D eigenvalue weighted by molar-refractivity contribution is 7.89. The zero-order chi connectivity index (χ0) is 19.4. The Morgan fingerprint density at radius 3 is 2.56 bits per heavy atom. The summed E-state index contributed by atoms with van der Waals surface area (Å²) in [6.07, 6.45) is 1.49. The van der Waals surface area contributed by atoms with Crippen molar-refractivity contribution in [1.29, 1.82) is 0 Å². The Morgan fingerprint density at radius 1 is 1.22 bits per heavy atom. The number of amides is 1. The maximum atomic E-state index is 12.8. The van der Waals surface area contributed by atoms with E-state index in [4.69, 9.17) is 4.74 Å². The van der Waals surface area contributed by atoms with Crippen LogP contribution in [0.4, 0.5) is 0 Å². The predicted octanol–water partition coefficient (Wildman–Crippen LogP) is 1.58. The monoisotopic (exact) mass is 391 g/mol. The highest BCUT2D eigenvalue weighted by Crippen LogP contribution is 2.20. The number of benzene rings is 1. The van der Waals surface area contributed by atoms with Gasteiger partial charge in [-0.05, 0) is 17.5 Å². The normalized spacial score (nSPS) is 16.8. The van der Waals surface area contributed by atoms with Crippen LogP contribution in [-0.4, -0.2) is 56.0 Å². The minimum atomic E-state index is -3.62. The van der Waals surface area contributed by atoms with Crippen molar-refractivity contribution in [3.05, 3.63) is 53.9 Å². The van der Waals surface area contributed by atoms with Crippen molar-refractivity contribution in [3.63, 3.8) is 0 Å². The molecule has 27 heavy (non-hydrogen) atoms. The van der Waals surface area contributed by atoms with E-state index in [9.17, 15) is 13.2 Å². The van der Waals surface area contributed by atoms with E-state index < -0.39 is 10.0 Å². The molecule has 1 saturated heterocycles. The molecule has 1 aromatic heterocycles. The summed E-state index contributed by atoms with van der Waals surface area (Å²) in [4.78, 5) is 12.7. The van der Waals surface area contributed by atoms with Gasteiger partial charge in [0.25, 0.3) is 5.91 Å². The van der Waals surface area contributed by atoms with Gasteiger partial charge in [-0.25, -0.2) is 8.42 Å². The van der Waals surface area contributed by atoms with Crippen molar-refractivity contribution < 1.29 is 17.9 Å². The van der Waals surface area contributed by atoms with Crippen LogP contribution in [0.2, 0.25) is 0 Å². The van der Waals surface area contributed by atoms with Gasteiger partial charge in [0, 0.05) is 32.9 Å². The summed E-state index contributed by atoms with van der Waals surface area (Å²) in [6, 6.07) is 11.4. The van der Waals surface area contributed by atoms with Crippen molar-refractivity contribution >= 4 is 15.9 Å². The van der Waals surface area contributed by atoms with E-state index in [1.807, 2.05) is 37.3 Å². The number of rotatable bonds is 6. The molecule has 1 aliphatic rings.